The van der Waals surface area contributed by atoms with Gasteiger partial charge in [-0.05, 0) is 238 Å². The molecule has 16 aromatic carbocycles. The van der Waals surface area contributed by atoms with Crippen LogP contribution in [0.4, 0.5) is 11.4 Å². The van der Waals surface area contributed by atoms with Gasteiger partial charge in [0, 0.05) is 36.4 Å². The molecule has 0 unspecified atom stereocenters. The quantitative estimate of drug-likeness (QED) is 0.0330. The Kier molecular flexibility index (Phi) is 32.2. The van der Waals surface area contributed by atoms with Gasteiger partial charge in [0.15, 0.2) is 0 Å². The second-order valence-corrected chi connectivity index (χ2v) is 33.5. The predicted molar refractivity (Wildman–Crippen MR) is 541 cm³/mol. The minimum atomic E-state index is 0.188. The fourth-order valence-corrected chi connectivity index (χ4v) is 15.2. The zero-order valence-electron chi connectivity index (χ0n) is 77.6. The van der Waals surface area contributed by atoms with Crippen LogP contribution in [0.1, 0.15) is 114 Å². The first-order valence-electron chi connectivity index (χ1n) is 46.1. The highest BCUT2D eigenvalue weighted by Crippen LogP contribution is 2.37. The van der Waals surface area contributed by atoms with Gasteiger partial charge in [-0.15, -0.1) is 0 Å². The van der Waals surface area contributed by atoms with Crippen LogP contribution >= 0.6 is 0 Å². The summed E-state index contributed by atoms with van der Waals surface area (Å²) in [5, 5.41) is 0. The molecule has 0 saturated heterocycles. The molecule has 17 nitrogen and oxygen atoms in total. The molecule has 17 heteroatoms. The van der Waals surface area contributed by atoms with Crippen molar-refractivity contribution in [1.29, 1.82) is 0 Å². The van der Waals surface area contributed by atoms with Gasteiger partial charge in [-0.2, -0.15) is 0 Å². The van der Waals surface area contributed by atoms with E-state index in [1.807, 2.05) is 434 Å². The van der Waals surface area contributed by atoms with Gasteiger partial charge >= 0.3 is 0 Å². The number of hydrogen-bond acceptors (Lipinski definition) is 17. The zero-order valence-corrected chi connectivity index (χ0v) is 77.6. The highest BCUT2D eigenvalue weighted by molar-refractivity contribution is 6.02. The van der Waals surface area contributed by atoms with Gasteiger partial charge in [-0.3, -0.25) is 9.98 Å². The minimum absolute atomic E-state index is 0.188. The zero-order chi connectivity index (χ0) is 94.1. The number of aryl methyl sites for hydroxylation is 2. The first kappa shape index (κ1) is 93.0. The van der Waals surface area contributed by atoms with Gasteiger partial charge in [-0.1, -0.05) is 249 Å². The van der Waals surface area contributed by atoms with Crippen LogP contribution in [0.5, 0.6) is 80.5 Å². The van der Waals surface area contributed by atoms with Crippen LogP contribution in [0.15, 0.2) is 416 Å². The summed E-state index contributed by atoms with van der Waals surface area (Å²) in [5.74, 6) is 8.81. The van der Waals surface area contributed by atoms with Gasteiger partial charge in [-0.25, -0.2) is 4.98 Å². The van der Waals surface area contributed by atoms with Crippen LogP contribution in [0.25, 0.3) is 0 Å². The van der Waals surface area contributed by atoms with E-state index in [1.165, 1.54) is 0 Å². The van der Waals surface area contributed by atoms with Gasteiger partial charge in [0.05, 0.1) is 34.2 Å². The Morgan fingerprint density at radius 2 is 0.326 bits per heavy atom. The molecule has 0 aliphatic rings. The molecular formula is C121H107N3O14. The summed E-state index contributed by atoms with van der Waals surface area (Å²) in [6, 6.07) is 134. The van der Waals surface area contributed by atoms with Crippen molar-refractivity contribution in [2.24, 2.45) is 9.98 Å². The molecule has 0 spiro atoms. The topological polar surface area (TPSA) is 167 Å². The number of benzene rings is 16. The average Bonchev–Trinajstić information content (AvgIpc) is 0.898. The number of aromatic nitrogens is 1. The standard InChI is InChI=1S/C121H107N3O14/c1-86-52-104(125-80-98-54-114(135-82-100-58-106(127-72-90-30-13-5-14-31-90)66-107(59-100)128-73-91-32-15-6-16-33-91)70-115(55-98)136-83-101-60-108(129-74-92-34-17-7-18-35-92)67-109(61-101)130-75-93-36-19-8-20-37-93)48-50-118(86)122-88(3)120-46-29-47-121(124-120)89(4)123-119-51-49-105(53-87(119)2)126-81-99-56-116(137-84-102-62-110(131-76-94-38-21-9-22-39-94)68-111(63-102)132-77-95-40-23-10-24-41-95)71-117(57-99)138-85-103-64-112(133-78-96-42-25-11-26-43-96)69-113(65-103)134-79-97-44-27-12-28-45-97/h5-71H,72-85H2,1-4H3. The van der Waals surface area contributed by atoms with Crippen LogP contribution in [-0.4, -0.2) is 16.4 Å². The SMILES string of the molecule is CC(=Nc1ccc(OCc2cc(OCc3cc(OCc4ccccc4)cc(OCc4ccccc4)c3)cc(OCc3cc(OCc4ccccc4)cc(OCc4ccccc4)c3)c2)cc1C)c1cccc(C(C)=Nc2ccc(OCc3cc(OCc4cc(OCc5ccccc5)cc(OCc5ccccc5)c4)cc(OCc4cc(OCc5ccccc5)cc(OCc5ccccc5)c4)c3)cc2C)n1. The molecule has 0 bridgehead atoms. The van der Waals surface area contributed by atoms with Gasteiger partial charge in [0.2, 0.25) is 0 Å². The van der Waals surface area contributed by atoms with Crippen molar-refractivity contribution < 1.29 is 66.3 Å². The van der Waals surface area contributed by atoms with E-state index in [0.717, 1.165) is 112 Å². The van der Waals surface area contributed by atoms with E-state index in [1.54, 1.807) is 0 Å². The molecule has 17 rings (SSSR count). The molecule has 1 aromatic heterocycles. The Morgan fingerprint density at radius 3 is 0.493 bits per heavy atom. The number of pyridine rings is 1. The van der Waals surface area contributed by atoms with Crippen LogP contribution in [-0.2, 0) is 92.5 Å². The second-order valence-electron chi connectivity index (χ2n) is 33.5. The molecule has 0 N–H and O–H groups in total. The minimum Gasteiger partial charge on any atom is -0.489 e. The molecule has 17 aromatic rings. The third kappa shape index (κ3) is 28.6. The molecule has 0 radical (unpaired) electrons. The largest absolute Gasteiger partial charge is 0.489 e. The van der Waals surface area contributed by atoms with E-state index in [4.69, 9.17) is 81.3 Å². The smallest absolute Gasteiger partial charge is 0.123 e. The summed E-state index contributed by atoms with van der Waals surface area (Å²) in [4.78, 5) is 15.4. The summed E-state index contributed by atoms with van der Waals surface area (Å²) in [6.45, 7) is 12.2. The summed E-state index contributed by atoms with van der Waals surface area (Å²) in [5.41, 5.74) is 19.6. The summed E-state index contributed by atoms with van der Waals surface area (Å²) in [6.07, 6.45) is 0. The van der Waals surface area contributed by atoms with Crippen molar-refractivity contribution in [3.8, 4) is 80.5 Å². The predicted octanol–water partition coefficient (Wildman–Crippen LogP) is 28.1. The van der Waals surface area contributed by atoms with Crippen molar-refractivity contribution in [3.63, 3.8) is 0 Å². The maximum Gasteiger partial charge on any atom is 0.123 e. The lowest BCUT2D eigenvalue weighted by atomic mass is 10.1. The molecule has 690 valence electrons. The van der Waals surface area contributed by atoms with E-state index in [0.29, 0.717) is 145 Å². The van der Waals surface area contributed by atoms with Crippen molar-refractivity contribution in [2.45, 2.75) is 120 Å². The van der Waals surface area contributed by atoms with E-state index >= 15 is 0 Å². The molecule has 138 heavy (non-hydrogen) atoms. The molecule has 0 saturated carbocycles. The monoisotopic (exact) mass is 1830 g/mol. The Labute approximate surface area is 806 Å². The number of aliphatic imine (C=N–C) groups is 2. The van der Waals surface area contributed by atoms with Crippen molar-refractivity contribution in [3.05, 3.63) is 507 Å². The second kappa shape index (κ2) is 47.7. The maximum absolute atomic E-state index is 6.73. The lowest BCUT2D eigenvalue weighted by Crippen LogP contribution is -2.05. The average molecular weight is 1830 g/mol. The Balaban J connectivity index is 0.576. The highest BCUT2D eigenvalue weighted by atomic mass is 16.5. The van der Waals surface area contributed by atoms with Crippen molar-refractivity contribution in [2.75, 3.05) is 0 Å². The number of rotatable bonds is 46. The third-order valence-corrected chi connectivity index (χ3v) is 22.5. The Morgan fingerprint density at radius 1 is 0.167 bits per heavy atom. The van der Waals surface area contributed by atoms with Gasteiger partial charge in [0.25, 0.3) is 0 Å². The Hall–Kier alpha value is -16.8. The lowest BCUT2D eigenvalue weighted by molar-refractivity contribution is 0.273. The summed E-state index contributed by atoms with van der Waals surface area (Å²) < 4.78 is 91.4. The van der Waals surface area contributed by atoms with Crippen LogP contribution in [0, 0.1) is 13.8 Å². The molecule has 0 atom stereocenters. The molecule has 0 aliphatic heterocycles. The maximum atomic E-state index is 6.73. The summed E-state index contributed by atoms with van der Waals surface area (Å²) in [7, 11) is 0. The number of hydrogen-bond donors (Lipinski definition) is 0. The number of nitrogens with zero attached hydrogens (tertiary/aromatic N) is 3. The van der Waals surface area contributed by atoms with Gasteiger partial charge in [0.1, 0.15) is 173 Å². The first-order chi connectivity index (χ1) is 67.8. The molecule has 0 amide bonds. The molecule has 0 aliphatic carbocycles. The molecular weight excluding hydrogens is 1720 g/mol. The van der Waals surface area contributed by atoms with Gasteiger partial charge < -0.3 is 66.3 Å². The third-order valence-electron chi connectivity index (χ3n) is 22.5. The van der Waals surface area contributed by atoms with Crippen LogP contribution < -0.4 is 66.3 Å². The van der Waals surface area contributed by atoms with E-state index < -0.39 is 0 Å². The first-order valence-corrected chi connectivity index (χ1v) is 46.1. The van der Waals surface area contributed by atoms with Crippen LogP contribution in [0.3, 0.4) is 0 Å². The molecule has 0 fully saturated rings. The highest BCUT2D eigenvalue weighted by Gasteiger charge is 2.18. The normalized spacial score (nSPS) is 11.2. The van der Waals surface area contributed by atoms with E-state index in [9.17, 15) is 0 Å². The fourth-order valence-electron chi connectivity index (χ4n) is 15.2. The summed E-state index contributed by atoms with van der Waals surface area (Å²) >= 11 is 0. The number of ether oxygens (including phenoxy) is 14. The van der Waals surface area contributed by atoms with Crippen LogP contribution in [0.2, 0.25) is 0 Å². The lowest BCUT2D eigenvalue weighted by Gasteiger charge is -2.16. The fraction of sp³-hybridized carbons (Fsp3) is 0.149. The molecule has 1 heterocycles. The Bertz CT molecular complexity index is 5910. The van der Waals surface area contributed by atoms with E-state index in [2.05, 4.69) is 0 Å². The van der Waals surface area contributed by atoms with Crippen molar-refractivity contribution >= 4 is 22.8 Å². The van der Waals surface area contributed by atoms with Crippen molar-refractivity contribution in [1.82, 2.24) is 4.98 Å². The van der Waals surface area contributed by atoms with E-state index in [-0.39, 0.29) is 39.6 Å².